The van der Waals surface area contributed by atoms with Gasteiger partial charge in [0.15, 0.2) is 5.96 Å². The minimum absolute atomic E-state index is 0.226. The summed E-state index contributed by atoms with van der Waals surface area (Å²) in [5.41, 5.74) is 1.15. The number of ether oxygens (including phenoxy) is 1. The highest BCUT2D eigenvalue weighted by Crippen LogP contribution is 2.38. The molecule has 0 bridgehead atoms. The Morgan fingerprint density at radius 3 is 3.08 bits per heavy atom. The van der Waals surface area contributed by atoms with Crippen molar-refractivity contribution in [1.29, 1.82) is 5.26 Å². The molecule has 2 saturated heterocycles. The van der Waals surface area contributed by atoms with Crippen LogP contribution in [0.1, 0.15) is 30.9 Å². The Morgan fingerprint density at radius 2 is 2.38 bits per heavy atom. The molecule has 1 N–H and O–H groups in total. The summed E-state index contributed by atoms with van der Waals surface area (Å²) in [6.07, 6.45) is 2.21. The van der Waals surface area contributed by atoms with Gasteiger partial charge in [-0.3, -0.25) is 0 Å². The number of nitriles is 1. The van der Waals surface area contributed by atoms with Gasteiger partial charge >= 0.3 is 0 Å². The minimum atomic E-state index is -0.323. The van der Waals surface area contributed by atoms with Crippen LogP contribution in [0.4, 0.5) is 4.39 Å². The molecular weight excluding hydrogens is 307 g/mol. The van der Waals surface area contributed by atoms with Gasteiger partial charge in [-0.05, 0) is 38.0 Å². The highest BCUT2D eigenvalue weighted by Gasteiger charge is 2.42. The summed E-state index contributed by atoms with van der Waals surface area (Å²) in [5, 5.41) is 12.3. The van der Waals surface area contributed by atoms with E-state index in [1.165, 1.54) is 12.1 Å². The summed E-state index contributed by atoms with van der Waals surface area (Å²) in [4.78, 5) is 6.84. The molecule has 0 aliphatic carbocycles. The fraction of sp³-hybridized carbons (Fsp3) is 0.556. The molecule has 5 nitrogen and oxygen atoms in total. The second kappa shape index (κ2) is 7.18. The lowest BCUT2D eigenvalue weighted by Crippen LogP contribution is -2.41. The van der Waals surface area contributed by atoms with Crippen LogP contribution < -0.4 is 5.32 Å². The number of guanidine groups is 1. The highest BCUT2D eigenvalue weighted by atomic mass is 19.1. The molecule has 1 spiro atoms. The first-order chi connectivity index (χ1) is 11.7. The van der Waals surface area contributed by atoms with E-state index in [0.717, 1.165) is 51.6 Å². The van der Waals surface area contributed by atoms with Gasteiger partial charge in [0.05, 0.1) is 24.8 Å². The van der Waals surface area contributed by atoms with Crippen molar-refractivity contribution < 1.29 is 9.13 Å². The van der Waals surface area contributed by atoms with E-state index in [0.29, 0.717) is 11.1 Å². The van der Waals surface area contributed by atoms with E-state index in [1.807, 2.05) is 13.0 Å². The number of nitrogens with zero attached hydrogens (tertiary/aromatic N) is 3. The van der Waals surface area contributed by atoms with E-state index in [4.69, 9.17) is 10.00 Å². The summed E-state index contributed by atoms with van der Waals surface area (Å²) in [5.74, 6) is 0.485. The maximum absolute atomic E-state index is 13.9. The number of rotatable bonds is 3. The lowest BCUT2D eigenvalue weighted by Gasteiger charge is -2.25. The molecule has 2 aliphatic rings. The van der Waals surface area contributed by atoms with E-state index >= 15 is 0 Å². The first kappa shape index (κ1) is 16.7. The van der Waals surface area contributed by atoms with Crippen molar-refractivity contribution >= 4 is 5.96 Å². The monoisotopic (exact) mass is 330 g/mol. The molecule has 3 rings (SSSR count). The Kier molecular flexibility index (Phi) is 5.00. The van der Waals surface area contributed by atoms with E-state index in [9.17, 15) is 4.39 Å². The molecule has 2 heterocycles. The molecule has 0 amide bonds. The third kappa shape index (κ3) is 3.51. The number of hydrogen-bond acceptors (Lipinski definition) is 3. The first-order valence-corrected chi connectivity index (χ1v) is 8.45. The van der Waals surface area contributed by atoms with Crippen LogP contribution in [0.3, 0.4) is 0 Å². The van der Waals surface area contributed by atoms with E-state index in [-0.39, 0.29) is 17.8 Å². The Bertz CT molecular complexity index is 661. The molecule has 1 aromatic carbocycles. The summed E-state index contributed by atoms with van der Waals surface area (Å²) in [7, 11) is 0. The molecule has 128 valence electrons. The van der Waals surface area contributed by atoms with Gasteiger partial charge in [0, 0.05) is 37.2 Å². The van der Waals surface area contributed by atoms with Gasteiger partial charge in [-0.2, -0.15) is 5.26 Å². The second-order valence-electron chi connectivity index (χ2n) is 6.56. The number of aliphatic imine (C=N–C) groups is 1. The predicted molar refractivity (Wildman–Crippen MR) is 90.0 cm³/mol. The van der Waals surface area contributed by atoms with Crippen molar-refractivity contribution in [3.05, 3.63) is 35.1 Å². The summed E-state index contributed by atoms with van der Waals surface area (Å²) in [6.45, 7) is 6.55. The molecule has 0 saturated carbocycles. The largest absolute Gasteiger partial charge is 0.381 e. The standard InChI is InChI=1S/C18H23FN4O/c1-2-21-17(23-7-5-18(12-23)6-8-24-13-18)22-11-15-9-14(10-20)3-4-16(15)19/h3-4,9H,2,5-8,11-13H2,1H3,(H,21,22). The van der Waals surface area contributed by atoms with E-state index < -0.39 is 0 Å². The van der Waals surface area contributed by atoms with Gasteiger partial charge in [-0.25, -0.2) is 9.38 Å². The lowest BCUT2D eigenvalue weighted by molar-refractivity contribution is 0.156. The average molecular weight is 330 g/mol. The minimum Gasteiger partial charge on any atom is -0.381 e. The molecule has 24 heavy (non-hydrogen) atoms. The Labute approximate surface area is 142 Å². The third-order valence-electron chi connectivity index (χ3n) is 4.83. The molecule has 0 radical (unpaired) electrons. The molecule has 1 aromatic rings. The van der Waals surface area contributed by atoms with Crippen LogP contribution in [-0.2, 0) is 11.3 Å². The highest BCUT2D eigenvalue weighted by molar-refractivity contribution is 5.80. The van der Waals surface area contributed by atoms with Crippen LogP contribution in [0, 0.1) is 22.6 Å². The molecule has 0 aromatic heterocycles. The first-order valence-electron chi connectivity index (χ1n) is 8.45. The number of nitrogens with one attached hydrogen (secondary N) is 1. The van der Waals surface area contributed by atoms with Crippen molar-refractivity contribution in [2.45, 2.75) is 26.3 Å². The Balaban J connectivity index is 1.74. The van der Waals surface area contributed by atoms with Crippen LogP contribution in [0.25, 0.3) is 0 Å². The predicted octanol–water partition coefficient (Wildman–Crippen LogP) is 2.28. The van der Waals surface area contributed by atoms with Crippen LogP contribution >= 0.6 is 0 Å². The van der Waals surface area contributed by atoms with Gasteiger partial charge in [0.2, 0.25) is 0 Å². The summed E-state index contributed by atoms with van der Waals surface area (Å²) < 4.78 is 19.5. The number of hydrogen-bond donors (Lipinski definition) is 1. The smallest absolute Gasteiger partial charge is 0.194 e. The third-order valence-corrected chi connectivity index (χ3v) is 4.83. The van der Waals surface area contributed by atoms with E-state index in [2.05, 4.69) is 15.2 Å². The Morgan fingerprint density at radius 1 is 1.50 bits per heavy atom. The quantitative estimate of drug-likeness (QED) is 0.682. The van der Waals surface area contributed by atoms with Gasteiger partial charge in [-0.15, -0.1) is 0 Å². The van der Waals surface area contributed by atoms with Gasteiger partial charge in [-0.1, -0.05) is 0 Å². The number of likely N-dealkylation sites (tertiary alicyclic amines) is 1. The molecular formula is C18H23FN4O. The zero-order chi connectivity index (χ0) is 17.0. The SMILES string of the molecule is CCNC(=NCc1cc(C#N)ccc1F)N1CCC2(CCOC2)C1. The second-order valence-corrected chi connectivity index (χ2v) is 6.56. The fourth-order valence-electron chi connectivity index (χ4n) is 3.44. The van der Waals surface area contributed by atoms with Gasteiger partial charge in [0.1, 0.15) is 5.82 Å². The van der Waals surface area contributed by atoms with E-state index in [1.54, 1.807) is 6.07 Å². The van der Waals surface area contributed by atoms with Crippen LogP contribution in [0.2, 0.25) is 0 Å². The zero-order valence-electron chi connectivity index (χ0n) is 14.0. The molecule has 2 aliphatic heterocycles. The van der Waals surface area contributed by atoms with Gasteiger partial charge < -0.3 is 15.0 Å². The molecule has 6 heteroatoms. The number of benzene rings is 1. The molecule has 1 atom stereocenters. The van der Waals surface area contributed by atoms with Crippen molar-refractivity contribution in [1.82, 2.24) is 10.2 Å². The summed E-state index contributed by atoms with van der Waals surface area (Å²) >= 11 is 0. The maximum Gasteiger partial charge on any atom is 0.194 e. The van der Waals surface area contributed by atoms with Crippen molar-refractivity contribution in [2.24, 2.45) is 10.4 Å². The topological polar surface area (TPSA) is 60.7 Å². The zero-order valence-corrected chi connectivity index (χ0v) is 14.0. The number of halogens is 1. The average Bonchev–Trinajstić information content (AvgIpc) is 3.23. The maximum atomic E-state index is 13.9. The van der Waals surface area contributed by atoms with Gasteiger partial charge in [0.25, 0.3) is 0 Å². The van der Waals surface area contributed by atoms with Crippen LogP contribution in [0.15, 0.2) is 23.2 Å². The fourth-order valence-corrected chi connectivity index (χ4v) is 3.44. The molecule has 1 unspecified atom stereocenters. The van der Waals surface area contributed by atoms with Crippen LogP contribution in [0.5, 0.6) is 0 Å². The normalized spacial score (nSPS) is 23.7. The molecule has 2 fully saturated rings. The summed E-state index contributed by atoms with van der Waals surface area (Å²) in [6, 6.07) is 6.42. The van der Waals surface area contributed by atoms with Crippen molar-refractivity contribution in [3.63, 3.8) is 0 Å². The van der Waals surface area contributed by atoms with Crippen molar-refractivity contribution in [3.8, 4) is 6.07 Å². The van der Waals surface area contributed by atoms with Crippen LogP contribution in [-0.4, -0.2) is 43.7 Å². The Hall–Kier alpha value is -2.13. The van der Waals surface area contributed by atoms with Crippen molar-refractivity contribution in [2.75, 3.05) is 32.8 Å². The lowest BCUT2D eigenvalue weighted by atomic mass is 9.87.